The number of hydrogen-bond donors (Lipinski definition) is 2. The van der Waals surface area contributed by atoms with Crippen molar-refractivity contribution in [2.24, 2.45) is 17.3 Å². The van der Waals surface area contributed by atoms with E-state index < -0.39 is 17.0 Å². The number of hydrogen-bond acceptors (Lipinski definition) is 4. The number of anilines is 2. The topological polar surface area (TPSA) is 90.0 Å². The molecular formula is C49H57N3O4. The highest BCUT2D eigenvalue weighted by Gasteiger charge is 2.61. The zero-order valence-corrected chi connectivity index (χ0v) is 33.5. The second-order valence-corrected chi connectivity index (χ2v) is 18.3. The van der Waals surface area contributed by atoms with Crippen LogP contribution in [0.2, 0.25) is 0 Å². The molecule has 0 spiro atoms. The second kappa shape index (κ2) is 14.5. The number of nitrogens with zero attached hydrogens (tertiary/aromatic N) is 2. The number of carbonyl (C=O) groups excluding carboxylic acids is 2. The van der Waals surface area contributed by atoms with Crippen LogP contribution < -0.4 is 10.2 Å². The summed E-state index contributed by atoms with van der Waals surface area (Å²) in [5.41, 5.74) is 7.53. The molecule has 2 fully saturated rings. The van der Waals surface area contributed by atoms with Crippen LogP contribution >= 0.6 is 0 Å². The summed E-state index contributed by atoms with van der Waals surface area (Å²) in [6, 6.07) is 34.3. The number of carbonyl (C=O) groups is 3. The molecule has 0 heterocycles. The fourth-order valence-electron chi connectivity index (χ4n) is 12.3. The van der Waals surface area contributed by atoms with Crippen molar-refractivity contribution in [3.8, 4) is 0 Å². The summed E-state index contributed by atoms with van der Waals surface area (Å²) in [7, 11) is 0. The summed E-state index contributed by atoms with van der Waals surface area (Å²) in [4.78, 5) is 44.7. The van der Waals surface area contributed by atoms with Crippen LogP contribution in [0.1, 0.15) is 112 Å². The third kappa shape index (κ3) is 6.41. The minimum atomic E-state index is -1.08. The van der Waals surface area contributed by atoms with E-state index in [2.05, 4.69) is 117 Å². The van der Waals surface area contributed by atoms with Crippen LogP contribution in [0.25, 0.3) is 0 Å². The molecule has 2 saturated carbocycles. The average molecular weight is 752 g/mol. The van der Waals surface area contributed by atoms with E-state index in [9.17, 15) is 14.7 Å². The Bertz CT molecular complexity index is 2080. The van der Waals surface area contributed by atoms with Crippen molar-refractivity contribution in [2.45, 2.75) is 121 Å². The van der Waals surface area contributed by atoms with Crippen molar-refractivity contribution in [1.29, 1.82) is 0 Å². The van der Waals surface area contributed by atoms with E-state index in [-0.39, 0.29) is 28.6 Å². The van der Waals surface area contributed by atoms with Crippen molar-refractivity contribution in [2.75, 3.05) is 10.2 Å². The fourth-order valence-corrected chi connectivity index (χ4v) is 12.3. The molecule has 4 aromatic rings. The molecule has 0 saturated heterocycles. The van der Waals surface area contributed by atoms with Gasteiger partial charge in [-0.3, -0.25) is 19.8 Å². The smallest absolute Gasteiger partial charge is 0.409 e. The molecule has 4 aliphatic rings. The molecule has 6 atom stereocenters. The molecule has 0 aromatic heterocycles. The van der Waals surface area contributed by atoms with Crippen molar-refractivity contribution >= 4 is 29.8 Å². The quantitative estimate of drug-likeness (QED) is 0.166. The van der Waals surface area contributed by atoms with Gasteiger partial charge in [0.2, 0.25) is 12.3 Å². The maximum Gasteiger partial charge on any atom is 0.409 e. The highest BCUT2D eigenvalue weighted by molar-refractivity contribution is 5.92. The molecule has 7 heteroatoms. The largest absolute Gasteiger partial charge is 0.465 e. The fraction of sp³-hybridized carbons (Fsp3) is 0.449. The number of nitrogens with one attached hydrogen (secondary N) is 1. The first-order valence-electron chi connectivity index (χ1n) is 20.8. The number of imide groups is 1. The summed E-state index contributed by atoms with van der Waals surface area (Å²) in [6.45, 7) is 10.6. The minimum absolute atomic E-state index is 0.0275. The maximum absolute atomic E-state index is 15.4. The van der Waals surface area contributed by atoms with Crippen molar-refractivity contribution in [3.05, 3.63) is 130 Å². The first-order chi connectivity index (χ1) is 26.9. The van der Waals surface area contributed by atoms with Crippen LogP contribution in [0.4, 0.5) is 16.2 Å². The SMILES string of the molecule is C[C@]1(N(C=O)C(=O)[C@@]2(C)CCC[C@]3(C)c4cc(NC(=O)O)ccc4CC[C@@H]23)CCC[C@]2(C)c3cc(N(Cc4ccccc4)Cc4ccccc4)ccc3CC[C@@H]12. The standard InChI is InChI=1S/C49H57N3O4/c1-46-25-11-27-48(3,42(46)23-19-36-17-21-38(29-40(36)46)50-45(55)56)44(54)52(33-53)49(4)28-12-26-47(2)41-30-39(22-18-37(41)20-24-43(47)49)51(31-34-13-7-5-8-14-34)32-35-15-9-6-10-16-35/h5-10,13-18,21-22,29-30,33,42-43,50H,11-12,19-20,23-28,31-32H2,1-4H3,(H,55,56)/t42-,43-,46-,47-,48+,49+/m1/s1. The maximum atomic E-state index is 15.4. The lowest BCUT2D eigenvalue weighted by Gasteiger charge is -2.60. The van der Waals surface area contributed by atoms with Gasteiger partial charge >= 0.3 is 6.09 Å². The molecule has 0 bridgehead atoms. The van der Waals surface area contributed by atoms with E-state index >= 15 is 4.79 Å². The normalized spacial score (nSPS) is 29.1. The molecular weight excluding hydrogens is 695 g/mol. The van der Waals surface area contributed by atoms with Crippen LogP contribution in [0.15, 0.2) is 97.1 Å². The van der Waals surface area contributed by atoms with Gasteiger partial charge in [0.1, 0.15) is 0 Å². The predicted molar refractivity (Wildman–Crippen MR) is 223 cm³/mol. The Hall–Kier alpha value is -4.91. The molecule has 4 aliphatic carbocycles. The molecule has 0 radical (unpaired) electrons. The van der Waals surface area contributed by atoms with Gasteiger partial charge in [-0.1, -0.05) is 106 Å². The molecule has 56 heavy (non-hydrogen) atoms. The van der Waals surface area contributed by atoms with E-state index in [1.165, 1.54) is 33.5 Å². The molecule has 8 rings (SSSR count). The summed E-state index contributed by atoms with van der Waals surface area (Å²) in [5, 5.41) is 12.0. The summed E-state index contributed by atoms with van der Waals surface area (Å²) in [5.74, 6) is 0.113. The number of aryl methyl sites for hydroxylation is 2. The molecule has 292 valence electrons. The molecule has 3 amide bonds. The van der Waals surface area contributed by atoms with Crippen LogP contribution in [-0.4, -0.2) is 34.0 Å². The Kier molecular flexibility index (Phi) is 9.87. The molecule has 4 aromatic carbocycles. The summed E-state index contributed by atoms with van der Waals surface area (Å²) < 4.78 is 0. The van der Waals surface area contributed by atoms with Gasteiger partial charge in [0.25, 0.3) is 0 Å². The summed E-state index contributed by atoms with van der Waals surface area (Å²) >= 11 is 0. The molecule has 0 unspecified atom stereocenters. The zero-order valence-electron chi connectivity index (χ0n) is 33.5. The number of benzene rings is 4. The van der Waals surface area contributed by atoms with Crippen LogP contribution in [0.5, 0.6) is 0 Å². The highest BCUT2D eigenvalue weighted by Crippen LogP contribution is 2.60. The van der Waals surface area contributed by atoms with Crippen LogP contribution in [0.3, 0.4) is 0 Å². The van der Waals surface area contributed by atoms with Crippen LogP contribution in [-0.2, 0) is 46.4 Å². The predicted octanol–water partition coefficient (Wildman–Crippen LogP) is 10.4. The van der Waals surface area contributed by atoms with E-state index in [0.717, 1.165) is 89.3 Å². The number of fused-ring (bicyclic) bond motifs is 6. The van der Waals surface area contributed by atoms with Gasteiger partial charge in [0.05, 0.1) is 11.0 Å². The van der Waals surface area contributed by atoms with Gasteiger partial charge in [-0.2, -0.15) is 0 Å². The highest BCUT2D eigenvalue weighted by atomic mass is 16.4. The van der Waals surface area contributed by atoms with Gasteiger partial charge in [-0.25, -0.2) is 4.79 Å². The number of rotatable bonds is 9. The first kappa shape index (κ1) is 38.0. The third-order valence-electron chi connectivity index (χ3n) is 15.1. The van der Waals surface area contributed by atoms with E-state index in [1.807, 2.05) is 18.2 Å². The van der Waals surface area contributed by atoms with Gasteiger partial charge in [-0.15, -0.1) is 0 Å². The molecule has 0 aliphatic heterocycles. The Morgan fingerprint density at radius 1 is 0.714 bits per heavy atom. The van der Waals surface area contributed by atoms with Crippen molar-refractivity contribution < 1.29 is 19.5 Å². The van der Waals surface area contributed by atoms with Gasteiger partial charge in [0, 0.05) is 24.5 Å². The number of amides is 3. The van der Waals surface area contributed by atoms with Crippen molar-refractivity contribution in [1.82, 2.24) is 4.90 Å². The second-order valence-electron chi connectivity index (χ2n) is 18.3. The monoisotopic (exact) mass is 751 g/mol. The van der Waals surface area contributed by atoms with E-state index in [4.69, 9.17) is 0 Å². The number of carboxylic acid groups (broad SMARTS) is 1. The van der Waals surface area contributed by atoms with Gasteiger partial charge < -0.3 is 10.0 Å². The Morgan fingerprint density at radius 3 is 1.88 bits per heavy atom. The Labute approximate surface area is 332 Å². The molecule has 2 N–H and O–H groups in total. The third-order valence-corrected chi connectivity index (χ3v) is 15.1. The molecule has 7 nitrogen and oxygen atoms in total. The lowest BCUT2D eigenvalue weighted by molar-refractivity contribution is -0.166. The van der Waals surface area contributed by atoms with Gasteiger partial charge in [-0.05, 0) is 139 Å². The Balaban J connectivity index is 1.12. The van der Waals surface area contributed by atoms with Crippen molar-refractivity contribution in [3.63, 3.8) is 0 Å². The average Bonchev–Trinajstić information content (AvgIpc) is 3.18. The van der Waals surface area contributed by atoms with E-state index in [1.54, 1.807) is 4.90 Å². The zero-order chi connectivity index (χ0) is 39.3. The van der Waals surface area contributed by atoms with Crippen LogP contribution in [0, 0.1) is 17.3 Å². The Morgan fingerprint density at radius 2 is 1.27 bits per heavy atom. The van der Waals surface area contributed by atoms with Gasteiger partial charge in [0.15, 0.2) is 0 Å². The minimum Gasteiger partial charge on any atom is -0.465 e. The lowest BCUT2D eigenvalue weighted by atomic mass is 9.48. The first-order valence-corrected chi connectivity index (χ1v) is 20.8. The summed E-state index contributed by atoms with van der Waals surface area (Å²) in [6.07, 6.45) is 8.62. The lowest BCUT2D eigenvalue weighted by Crippen LogP contribution is -2.66. The van der Waals surface area contributed by atoms with E-state index in [0.29, 0.717) is 5.69 Å².